The molecule has 3 rings (SSSR count). The number of hydrogen-bond donors (Lipinski definition) is 1. The van der Waals surface area contributed by atoms with E-state index in [9.17, 15) is 18.0 Å². The molecule has 40 heavy (non-hydrogen) atoms. The first kappa shape index (κ1) is 31.2. The highest BCUT2D eigenvalue weighted by molar-refractivity contribution is 7.92. The van der Waals surface area contributed by atoms with Crippen molar-refractivity contribution in [1.82, 2.24) is 10.2 Å². The number of sulfonamides is 1. The molecule has 0 bridgehead atoms. The zero-order valence-electron chi connectivity index (χ0n) is 23.9. The molecule has 0 aliphatic rings. The number of nitrogens with one attached hydrogen (secondary N) is 1. The van der Waals surface area contributed by atoms with Gasteiger partial charge in [-0.2, -0.15) is 0 Å². The second-order valence-corrected chi connectivity index (χ2v) is 13.2. The maximum atomic E-state index is 14.2. The Hall–Kier alpha value is -3.36. The van der Waals surface area contributed by atoms with E-state index in [0.717, 1.165) is 21.0 Å². The molecule has 3 aromatic rings. The fourth-order valence-corrected chi connectivity index (χ4v) is 6.02. The summed E-state index contributed by atoms with van der Waals surface area (Å²) in [7, 11) is -4.11. The molecule has 2 amide bonds. The van der Waals surface area contributed by atoms with E-state index < -0.39 is 34.1 Å². The molecule has 0 spiro atoms. The van der Waals surface area contributed by atoms with Crippen LogP contribution in [0.3, 0.4) is 0 Å². The number of anilines is 1. The molecule has 0 saturated heterocycles. The van der Waals surface area contributed by atoms with Gasteiger partial charge in [0, 0.05) is 17.1 Å². The van der Waals surface area contributed by atoms with Crippen molar-refractivity contribution in [1.29, 1.82) is 0 Å². The first-order valence-corrected chi connectivity index (χ1v) is 15.1. The Labute approximate surface area is 243 Å². The molecule has 7 nitrogen and oxygen atoms in total. The zero-order valence-corrected chi connectivity index (χ0v) is 25.5. The van der Waals surface area contributed by atoms with Crippen LogP contribution >= 0.6 is 11.6 Å². The van der Waals surface area contributed by atoms with E-state index in [1.165, 1.54) is 17.0 Å². The number of hydrogen-bond acceptors (Lipinski definition) is 4. The SMILES string of the molecule is CC[C@@H](C(=O)NC(C)(C)C)N(Cc1ccc(Cl)cc1)C(=O)CN(c1cccc(C)c1C)S(=O)(=O)c1ccccc1. The minimum absolute atomic E-state index is 0.0745. The second-order valence-electron chi connectivity index (χ2n) is 10.9. The van der Waals surface area contributed by atoms with Gasteiger partial charge in [0.15, 0.2) is 0 Å². The van der Waals surface area contributed by atoms with Gasteiger partial charge in [0.2, 0.25) is 11.8 Å². The minimum Gasteiger partial charge on any atom is -0.350 e. The molecule has 9 heteroatoms. The van der Waals surface area contributed by atoms with E-state index >= 15 is 0 Å². The van der Waals surface area contributed by atoms with Gasteiger partial charge < -0.3 is 10.2 Å². The van der Waals surface area contributed by atoms with Gasteiger partial charge in [-0.1, -0.05) is 61.0 Å². The van der Waals surface area contributed by atoms with Gasteiger partial charge in [-0.15, -0.1) is 0 Å². The topological polar surface area (TPSA) is 86.8 Å². The molecular formula is C31H38ClN3O4S. The third-order valence-electron chi connectivity index (χ3n) is 6.61. The monoisotopic (exact) mass is 583 g/mol. The summed E-state index contributed by atoms with van der Waals surface area (Å²) >= 11 is 6.08. The molecule has 0 saturated carbocycles. The molecular weight excluding hydrogens is 546 g/mol. The first-order chi connectivity index (χ1) is 18.7. The number of amides is 2. The summed E-state index contributed by atoms with van der Waals surface area (Å²) in [6.07, 6.45) is 0.343. The van der Waals surface area contributed by atoms with Crippen molar-refractivity contribution in [2.45, 2.75) is 71.0 Å². The molecule has 1 atom stereocenters. The molecule has 0 aromatic heterocycles. The predicted molar refractivity (Wildman–Crippen MR) is 161 cm³/mol. The molecule has 0 fully saturated rings. The van der Waals surface area contributed by atoms with Crippen molar-refractivity contribution in [3.05, 3.63) is 94.5 Å². The first-order valence-electron chi connectivity index (χ1n) is 13.2. The molecule has 0 unspecified atom stereocenters. The maximum absolute atomic E-state index is 14.2. The Bertz CT molecular complexity index is 1440. The number of carbonyl (C=O) groups is 2. The fourth-order valence-electron chi connectivity index (χ4n) is 4.40. The number of benzene rings is 3. The second kappa shape index (κ2) is 12.9. The number of aryl methyl sites for hydroxylation is 1. The van der Waals surface area contributed by atoms with Crippen LogP contribution in [0.15, 0.2) is 77.7 Å². The summed E-state index contributed by atoms with van der Waals surface area (Å²) in [4.78, 5) is 29.1. The Morgan fingerprint density at radius 3 is 2.12 bits per heavy atom. The maximum Gasteiger partial charge on any atom is 0.264 e. The van der Waals surface area contributed by atoms with Gasteiger partial charge in [-0.3, -0.25) is 13.9 Å². The molecule has 0 aliphatic heterocycles. The van der Waals surface area contributed by atoms with E-state index in [1.54, 1.807) is 54.6 Å². The Balaban J connectivity index is 2.10. The van der Waals surface area contributed by atoms with Crippen molar-refractivity contribution in [2.75, 3.05) is 10.8 Å². The lowest BCUT2D eigenvalue weighted by molar-refractivity contribution is -0.141. The molecule has 214 valence electrons. The third kappa shape index (κ3) is 7.64. The zero-order chi connectivity index (χ0) is 29.7. The molecule has 0 heterocycles. The molecule has 0 aliphatic carbocycles. The molecule has 3 aromatic carbocycles. The number of carbonyl (C=O) groups excluding carboxylic acids is 2. The predicted octanol–water partition coefficient (Wildman–Crippen LogP) is 5.87. The van der Waals surface area contributed by atoms with Crippen LogP contribution in [0.25, 0.3) is 0 Å². The quantitative estimate of drug-likeness (QED) is 0.323. The van der Waals surface area contributed by atoms with Crippen molar-refractivity contribution < 1.29 is 18.0 Å². The van der Waals surface area contributed by atoms with Crippen molar-refractivity contribution in [3.63, 3.8) is 0 Å². The lowest BCUT2D eigenvalue weighted by Gasteiger charge is -2.35. The van der Waals surface area contributed by atoms with Gasteiger partial charge >= 0.3 is 0 Å². The van der Waals surface area contributed by atoms with Crippen LogP contribution in [0.4, 0.5) is 5.69 Å². The smallest absolute Gasteiger partial charge is 0.264 e. The van der Waals surface area contributed by atoms with Crippen molar-refractivity contribution >= 4 is 39.1 Å². The van der Waals surface area contributed by atoms with Crippen molar-refractivity contribution in [2.24, 2.45) is 0 Å². The standard InChI is InChI=1S/C31H38ClN3O4S/c1-7-27(30(37)33-31(4,5)6)34(20-24-16-18-25(32)19-17-24)29(36)21-35(28-15-11-12-22(2)23(28)3)40(38,39)26-13-9-8-10-14-26/h8-19,27H,7,20-21H2,1-6H3,(H,33,37)/t27-/m0/s1. The van der Waals surface area contributed by atoms with Gasteiger partial charge in [-0.05, 0) is 88.1 Å². The van der Waals surface area contributed by atoms with Crippen LogP contribution in [0.2, 0.25) is 5.02 Å². The van der Waals surface area contributed by atoms with Gasteiger partial charge in [0.25, 0.3) is 10.0 Å². The van der Waals surface area contributed by atoms with E-state index in [-0.39, 0.29) is 17.3 Å². The van der Waals surface area contributed by atoms with Crippen LogP contribution in [-0.4, -0.2) is 43.3 Å². The summed E-state index contributed by atoms with van der Waals surface area (Å²) in [6.45, 7) is 10.8. The van der Waals surface area contributed by atoms with E-state index in [2.05, 4.69) is 5.32 Å². The Morgan fingerprint density at radius 2 is 1.55 bits per heavy atom. The fraction of sp³-hybridized carbons (Fsp3) is 0.355. The van der Waals surface area contributed by atoms with E-state index in [1.807, 2.05) is 47.6 Å². The summed E-state index contributed by atoms with van der Waals surface area (Å²) in [6, 6.07) is 19.6. The largest absolute Gasteiger partial charge is 0.350 e. The van der Waals surface area contributed by atoms with Gasteiger partial charge in [0.1, 0.15) is 12.6 Å². The van der Waals surface area contributed by atoms with Crippen LogP contribution in [-0.2, 0) is 26.2 Å². The van der Waals surface area contributed by atoms with E-state index in [0.29, 0.717) is 17.1 Å². The number of rotatable bonds is 10. The number of nitrogens with zero attached hydrogens (tertiary/aromatic N) is 2. The summed E-state index contributed by atoms with van der Waals surface area (Å²) < 4.78 is 29.1. The third-order valence-corrected chi connectivity index (χ3v) is 8.63. The van der Waals surface area contributed by atoms with Crippen LogP contribution in [0.1, 0.15) is 50.8 Å². The van der Waals surface area contributed by atoms with Gasteiger partial charge in [0.05, 0.1) is 10.6 Å². The Kier molecular flexibility index (Phi) is 10.0. The molecule has 0 radical (unpaired) electrons. The Morgan fingerprint density at radius 1 is 0.925 bits per heavy atom. The highest BCUT2D eigenvalue weighted by atomic mass is 35.5. The van der Waals surface area contributed by atoms with Crippen LogP contribution in [0, 0.1) is 13.8 Å². The van der Waals surface area contributed by atoms with Crippen molar-refractivity contribution in [3.8, 4) is 0 Å². The minimum atomic E-state index is -4.11. The summed E-state index contributed by atoms with van der Waals surface area (Å²) in [5.41, 5.74) is 2.31. The highest BCUT2D eigenvalue weighted by Gasteiger charge is 2.35. The number of halogens is 1. The highest BCUT2D eigenvalue weighted by Crippen LogP contribution is 2.29. The normalized spacial score (nSPS) is 12.5. The van der Waals surface area contributed by atoms with E-state index in [4.69, 9.17) is 11.6 Å². The average Bonchev–Trinajstić information content (AvgIpc) is 2.89. The molecule has 1 N–H and O–H groups in total. The summed E-state index contributed by atoms with van der Waals surface area (Å²) in [5, 5.41) is 3.52. The van der Waals surface area contributed by atoms with Crippen LogP contribution < -0.4 is 9.62 Å². The average molecular weight is 584 g/mol. The lowest BCUT2D eigenvalue weighted by atomic mass is 10.1. The van der Waals surface area contributed by atoms with Gasteiger partial charge in [-0.25, -0.2) is 8.42 Å². The summed E-state index contributed by atoms with van der Waals surface area (Å²) in [5.74, 6) is -0.798. The van der Waals surface area contributed by atoms with Crippen LogP contribution in [0.5, 0.6) is 0 Å². The lowest BCUT2D eigenvalue weighted by Crippen LogP contribution is -2.55.